The highest BCUT2D eigenvalue weighted by atomic mass is 32.2. The number of carbonyl (C=O) groups is 1. The van der Waals surface area contributed by atoms with Crippen LogP contribution in [0.4, 0.5) is 5.69 Å². The molecule has 2 aromatic rings. The number of nitrogens with zero attached hydrogens (tertiary/aromatic N) is 1. The average Bonchev–Trinajstić information content (AvgIpc) is 2.74. The predicted molar refractivity (Wildman–Crippen MR) is 119 cm³/mol. The lowest BCUT2D eigenvalue weighted by Crippen LogP contribution is -2.41. The second kappa shape index (κ2) is 9.51. The van der Waals surface area contributed by atoms with Crippen LogP contribution in [0.1, 0.15) is 48.9 Å². The molecular formula is C23H30N2O4S. The molecule has 1 amide bonds. The number of ether oxygens (including phenoxy) is 1. The van der Waals surface area contributed by atoms with Gasteiger partial charge in [-0.15, -0.1) is 0 Å². The van der Waals surface area contributed by atoms with Gasteiger partial charge in [0, 0.05) is 6.07 Å². The summed E-state index contributed by atoms with van der Waals surface area (Å²) >= 11 is 0. The summed E-state index contributed by atoms with van der Waals surface area (Å²) in [5, 5.41) is 3.01. The topological polar surface area (TPSA) is 75.7 Å². The maximum atomic E-state index is 12.8. The fourth-order valence-corrected chi connectivity index (χ4v) is 4.78. The molecule has 0 saturated heterocycles. The van der Waals surface area contributed by atoms with Gasteiger partial charge in [-0.2, -0.15) is 0 Å². The monoisotopic (exact) mass is 430 g/mol. The number of methoxy groups -OCH3 is 1. The predicted octanol–water partition coefficient (Wildman–Crippen LogP) is 3.61. The zero-order valence-corrected chi connectivity index (χ0v) is 18.7. The van der Waals surface area contributed by atoms with Crippen molar-refractivity contribution >= 4 is 21.6 Å². The van der Waals surface area contributed by atoms with Gasteiger partial charge in [0.15, 0.2) is 0 Å². The summed E-state index contributed by atoms with van der Waals surface area (Å²) in [6.45, 7) is 1.73. The third-order valence-corrected chi connectivity index (χ3v) is 6.69. The van der Waals surface area contributed by atoms with Crippen LogP contribution in [0.25, 0.3) is 0 Å². The van der Waals surface area contributed by atoms with Crippen LogP contribution in [0, 0.1) is 0 Å². The van der Waals surface area contributed by atoms with E-state index in [-0.39, 0.29) is 18.5 Å². The van der Waals surface area contributed by atoms with Crippen LogP contribution in [0.3, 0.4) is 0 Å². The molecule has 2 aromatic carbocycles. The molecule has 1 N–H and O–H groups in total. The molecule has 1 aliphatic rings. The number of anilines is 1. The molecule has 0 spiro atoms. The van der Waals surface area contributed by atoms with Crippen LogP contribution in [-0.2, 0) is 27.7 Å². The molecule has 0 saturated carbocycles. The summed E-state index contributed by atoms with van der Waals surface area (Å²) in [5.74, 6) is 0.190. The summed E-state index contributed by atoms with van der Waals surface area (Å²) in [4.78, 5) is 12.8. The number of sulfonamides is 1. The molecule has 162 valence electrons. The van der Waals surface area contributed by atoms with Crippen LogP contribution in [-0.4, -0.2) is 34.2 Å². The smallest absolute Gasteiger partial charge is 0.241 e. The number of carbonyl (C=O) groups excluding carboxylic acids is 1. The highest BCUT2D eigenvalue weighted by Crippen LogP contribution is 2.27. The zero-order valence-electron chi connectivity index (χ0n) is 17.8. The Morgan fingerprint density at radius 3 is 2.53 bits per heavy atom. The molecule has 0 unspecified atom stereocenters. The number of amides is 1. The number of aryl methyl sites for hydroxylation is 2. The third-order valence-electron chi connectivity index (χ3n) is 5.55. The van der Waals surface area contributed by atoms with E-state index in [0.29, 0.717) is 11.4 Å². The molecule has 0 fully saturated rings. The van der Waals surface area contributed by atoms with Crippen molar-refractivity contribution in [2.45, 2.75) is 45.1 Å². The Balaban J connectivity index is 1.77. The van der Waals surface area contributed by atoms with Crippen LogP contribution in [0.5, 0.6) is 5.75 Å². The molecule has 3 rings (SSSR count). The molecule has 0 aromatic heterocycles. The first-order valence-corrected chi connectivity index (χ1v) is 12.2. The molecule has 0 heterocycles. The fourth-order valence-electron chi connectivity index (χ4n) is 3.93. The minimum absolute atomic E-state index is 0.156. The van der Waals surface area contributed by atoms with Crippen molar-refractivity contribution < 1.29 is 17.9 Å². The summed E-state index contributed by atoms with van der Waals surface area (Å²) in [6.07, 6.45) is 6.44. The minimum Gasteiger partial charge on any atom is -0.497 e. The van der Waals surface area contributed by atoms with Gasteiger partial charge in [-0.25, -0.2) is 8.42 Å². The summed E-state index contributed by atoms with van der Waals surface area (Å²) < 4.78 is 31.0. The van der Waals surface area contributed by atoms with Crippen LogP contribution in [0.2, 0.25) is 0 Å². The van der Waals surface area contributed by atoms with Crippen molar-refractivity contribution in [3.8, 4) is 5.75 Å². The minimum atomic E-state index is -3.64. The Labute approximate surface area is 179 Å². The lowest BCUT2D eigenvalue weighted by atomic mass is 9.89. The first kappa shape index (κ1) is 22.2. The van der Waals surface area contributed by atoms with E-state index in [1.807, 2.05) is 6.92 Å². The van der Waals surface area contributed by atoms with Gasteiger partial charge in [0.05, 0.1) is 25.1 Å². The SMILES string of the molecule is CC[C@H](NC(=O)CN(c1cccc(OC)c1)S(C)(=O)=O)c1ccc2c(c1)CCCC2. The number of hydrogen-bond donors (Lipinski definition) is 1. The maximum absolute atomic E-state index is 12.8. The van der Waals surface area contributed by atoms with E-state index in [9.17, 15) is 13.2 Å². The van der Waals surface area contributed by atoms with Gasteiger partial charge >= 0.3 is 0 Å². The van der Waals surface area contributed by atoms with E-state index >= 15 is 0 Å². The normalized spacial score (nSPS) is 14.5. The summed E-state index contributed by atoms with van der Waals surface area (Å²) in [5.41, 5.74) is 4.22. The standard InChI is InChI=1S/C23H30N2O4S/c1-4-22(19-13-12-17-8-5-6-9-18(17)14-19)24-23(26)16-25(30(3,27)28)20-10-7-11-21(15-20)29-2/h7,10-15,22H,4-6,8-9,16H2,1-3H3,(H,24,26)/t22-/m0/s1. The quantitative estimate of drug-likeness (QED) is 0.694. The van der Waals surface area contributed by atoms with Crippen molar-refractivity contribution in [2.24, 2.45) is 0 Å². The third kappa shape index (κ3) is 5.33. The van der Waals surface area contributed by atoms with E-state index < -0.39 is 10.0 Å². The number of benzene rings is 2. The van der Waals surface area contributed by atoms with Crippen molar-refractivity contribution in [2.75, 3.05) is 24.2 Å². The Kier molecular flexibility index (Phi) is 7.02. The second-order valence-corrected chi connectivity index (χ2v) is 9.64. The first-order valence-electron chi connectivity index (χ1n) is 10.3. The van der Waals surface area contributed by atoms with Crippen LogP contribution >= 0.6 is 0 Å². The van der Waals surface area contributed by atoms with E-state index in [1.165, 1.54) is 31.1 Å². The number of hydrogen-bond acceptors (Lipinski definition) is 4. The van der Waals surface area contributed by atoms with Gasteiger partial charge in [0.2, 0.25) is 15.9 Å². The van der Waals surface area contributed by atoms with E-state index in [0.717, 1.165) is 35.4 Å². The molecule has 0 aliphatic heterocycles. The van der Waals surface area contributed by atoms with Gasteiger partial charge in [0.25, 0.3) is 0 Å². The summed E-state index contributed by atoms with van der Waals surface area (Å²) in [6, 6.07) is 13.0. The van der Waals surface area contributed by atoms with Gasteiger partial charge in [0.1, 0.15) is 12.3 Å². The van der Waals surface area contributed by atoms with Crippen molar-refractivity contribution in [1.29, 1.82) is 0 Å². The van der Waals surface area contributed by atoms with Crippen molar-refractivity contribution in [1.82, 2.24) is 5.32 Å². The van der Waals surface area contributed by atoms with Crippen molar-refractivity contribution in [3.63, 3.8) is 0 Å². The van der Waals surface area contributed by atoms with E-state index in [1.54, 1.807) is 24.3 Å². The van der Waals surface area contributed by atoms with Crippen molar-refractivity contribution in [3.05, 3.63) is 59.2 Å². The molecular weight excluding hydrogens is 400 g/mol. The zero-order chi connectivity index (χ0) is 21.7. The Bertz CT molecular complexity index is 1000. The van der Waals surface area contributed by atoms with Gasteiger partial charge < -0.3 is 10.1 Å². The molecule has 7 heteroatoms. The van der Waals surface area contributed by atoms with Gasteiger partial charge in [-0.3, -0.25) is 9.10 Å². The lowest BCUT2D eigenvalue weighted by molar-refractivity contribution is -0.120. The largest absolute Gasteiger partial charge is 0.497 e. The Morgan fingerprint density at radius 2 is 1.87 bits per heavy atom. The molecule has 30 heavy (non-hydrogen) atoms. The number of fused-ring (bicyclic) bond motifs is 1. The summed E-state index contributed by atoms with van der Waals surface area (Å²) in [7, 11) is -2.13. The highest BCUT2D eigenvalue weighted by molar-refractivity contribution is 7.92. The maximum Gasteiger partial charge on any atom is 0.241 e. The second-order valence-electron chi connectivity index (χ2n) is 7.73. The van der Waals surface area contributed by atoms with Gasteiger partial charge in [-0.1, -0.05) is 31.2 Å². The average molecular weight is 431 g/mol. The molecule has 6 nitrogen and oxygen atoms in total. The van der Waals surface area contributed by atoms with Crippen LogP contribution < -0.4 is 14.4 Å². The van der Waals surface area contributed by atoms with Crippen LogP contribution in [0.15, 0.2) is 42.5 Å². The molecule has 0 radical (unpaired) electrons. The highest BCUT2D eigenvalue weighted by Gasteiger charge is 2.23. The van der Waals surface area contributed by atoms with E-state index in [4.69, 9.17) is 4.74 Å². The first-order chi connectivity index (χ1) is 14.3. The Hall–Kier alpha value is -2.54. The number of rotatable bonds is 8. The molecule has 1 atom stereocenters. The molecule has 1 aliphatic carbocycles. The van der Waals surface area contributed by atoms with E-state index in [2.05, 4.69) is 23.5 Å². The molecule has 0 bridgehead atoms. The van der Waals surface area contributed by atoms with Gasteiger partial charge in [-0.05, 0) is 60.9 Å². The fraction of sp³-hybridized carbons (Fsp3) is 0.435. The lowest BCUT2D eigenvalue weighted by Gasteiger charge is -2.25. The Morgan fingerprint density at radius 1 is 1.13 bits per heavy atom. The number of nitrogens with one attached hydrogen (secondary N) is 1.